The Morgan fingerprint density at radius 3 is 2.90 bits per heavy atom. The zero-order valence-corrected chi connectivity index (χ0v) is 13.0. The van der Waals surface area contributed by atoms with Crippen molar-refractivity contribution in [3.8, 4) is 0 Å². The van der Waals surface area contributed by atoms with Gasteiger partial charge < -0.3 is 15.8 Å². The van der Waals surface area contributed by atoms with E-state index in [9.17, 15) is 4.79 Å². The van der Waals surface area contributed by atoms with Gasteiger partial charge in [-0.1, -0.05) is 6.92 Å². The van der Waals surface area contributed by atoms with Crippen molar-refractivity contribution in [2.75, 3.05) is 18.2 Å². The molecule has 1 unspecified atom stereocenters. The fourth-order valence-electron chi connectivity index (χ4n) is 1.76. The van der Waals surface area contributed by atoms with Crippen LogP contribution in [0.25, 0.3) is 0 Å². The van der Waals surface area contributed by atoms with Crippen LogP contribution in [0.4, 0.5) is 11.5 Å². The van der Waals surface area contributed by atoms with Gasteiger partial charge in [0, 0.05) is 11.1 Å². The van der Waals surface area contributed by atoms with Gasteiger partial charge >= 0.3 is 5.97 Å². The van der Waals surface area contributed by atoms with E-state index < -0.39 is 5.97 Å². The highest BCUT2D eigenvalue weighted by atomic mass is 32.1. The first-order valence-corrected chi connectivity index (χ1v) is 7.42. The number of pyridine rings is 1. The number of ether oxygens (including phenoxy) is 1. The summed E-state index contributed by atoms with van der Waals surface area (Å²) in [5.74, 6) is -0.0353. The van der Waals surface area contributed by atoms with Crippen LogP contribution in [-0.2, 0) is 11.2 Å². The van der Waals surface area contributed by atoms with E-state index in [0.717, 1.165) is 11.4 Å². The summed E-state index contributed by atoms with van der Waals surface area (Å²) in [4.78, 5) is 21.3. The van der Waals surface area contributed by atoms with Crippen molar-refractivity contribution in [3.63, 3.8) is 0 Å². The smallest absolute Gasteiger partial charge is 0.356 e. The Balaban J connectivity index is 2.19. The summed E-state index contributed by atoms with van der Waals surface area (Å²) in [6.45, 7) is 4.07. The monoisotopic (exact) mass is 306 g/mol. The number of hydrogen-bond acceptors (Lipinski definition) is 7. The van der Waals surface area contributed by atoms with Gasteiger partial charge in [-0.3, -0.25) is 0 Å². The minimum Gasteiger partial charge on any atom is -0.464 e. The van der Waals surface area contributed by atoms with Gasteiger partial charge in [-0.2, -0.15) is 0 Å². The molecule has 0 amide bonds. The molecule has 0 spiro atoms. The fraction of sp³-hybridized carbons (Fsp3) is 0.357. The molecule has 6 nitrogen and oxygen atoms in total. The first kappa shape index (κ1) is 15.2. The van der Waals surface area contributed by atoms with E-state index in [2.05, 4.69) is 26.9 Å². The molecular formula is C14H18N4O2S. The van der Waals surface area contributed by atoms with Gasteiger partial charge in [-0.15, -0.1) is 11.3 Å². The van der Waals surface area contributed by atoms with Crippen molar-refractivity contribution >= 4 is 28.8 Å². The van der Waals surface area contributed by atoms with Gasteiger partial charge in [0.1, 0.15) is 5.01 Å². The zero-order valence-electron chi connectivity index (χ0n) is 12.2. The lowest BCUT2D eigenvalue weighted by Gasteiger charge is -2.14. The van der Waals surface area contributed by atoms with Crippen LogP contribution in [-0.4, -0.2) is 23.0 Å². The number of nitrogen functional groups attached to an aromatic ring is 1. The molecule has 3 N–H and O–H groups in total. The van der Waals surface area contributed by atoms with Crippen LogP contribution in [0.3, 0.4) is 0 Å². The van der Waals surface area contributed by atoms with Crippen molar-refractivity contribution in [2.24, 2.45) is 0 Å². The molecule has 0 saturated heterocycles. The minimum atomic E-state index is -0.492. The average Bonchev–Trinajstić information content (AvgIpc) is 2.97. The number of esters is 1. The number of hydrogen-bond donors (Lipinski definition) is 2. The first-order chi connectivity index (χ1) is 10.0. The van der Waals surface area contributed by atoms with Crippen LogP contribution < -0.4 is 11.1 Å². The maximum Gasteiger partial charge on any atom is 0.356 e. The quantitative estimate of drug-likeness (QED) is 0.825. The molecule has 0 fully saturated rings. The summed E-state index contributed by atoms with van der Waals surface area (Å²) in [7, 11) is 1.32. The predicted octanol–water partition coefficient (Wildman–Crippen LogP) is 2.64. The van der Waals surface area contributed by atoms with Gasteiger partial charge in [0.15, 0.2) is 11.5 Å². The second-order valence-electron chi connectivity index (χ2n) is 4.51. The third-order valence-corrected chi connectivity index (χ3v) is 4.29. The number of carbonyl (C=O) groups excluding carboxylic acids is 1. The number of anilines is 2. The summed E-state index contributed by atoms with van der Waals surface area (Å²) < 4.78 is 4.66. The zero-order chi connectivity index (χ0) is 15.4. The number of thiazole rings is 1. The number of aryl methyl sites for hydroxylation is 1. The second kappa shape index (κ2) is 6.53. The molecule has 0 aromatic carbocycles. The standard InChI is InChI=1S/C14H18N4O2S/c1-4-9-7-16-13(21-9)8(2)17-12-10(15)5-6-11(18-12)14(19)20-3/h5-8H,4,15H2,1-3H3,(H,17,18). The number of rotatable bonds is 5. The molecule has 7 heteroatoms. The van der Waals surface area contributed by atoms with E-state index in [4.69, 9.17) is 5.73 Å². The Bertz CT molecular complexity index is 642. The molecule has 2 aromatic heterocycles. The SMILES string of the molecule is CCc1cnc(C(C)Nc2nc(C(=O)OC)ccc2N)s1. The molecule has 2 rings (SSSR count). The summed E-state index contributed by atoms with van der Waals surface area (Å²) in [5.41, 5.74) is 6.59. The van der Waals surface area contributed by atoms with Crippen molar-refractivity contribution in [1.29, 1.82) is 0 Å². The molecule has 0 saturated carbocycles. The Morgan fingerprint density at radius 1 is 1.52 bits per heavy atom. The summed E-state index contributed by atoms with van der Waals surface area (Å²) in [5, 5.41) is 4.14. The van der Waals surface area contributed by atoms with E-state index in [1.165, 1.54) is 18.1 Å². The molecule has 21 heavy (non-hydrogen) atoms. The maximum absolute atomic E-state index is 11.5. The summed E-state index contributed by atoms with van der Waals surface area (Å²) >= 11 is 1.65. The lowest BCUT2D eigenvalue weighted by Crippen LogP contribution is -2.12. The van der Waals surface area contributed by atoms with Crippen LogP contribution >= 0.6 is 11.3 Å². The molecule has 0 aliphatic carbocycles. The Hall–Kier alpha value is -2.15. The molecule has 0 aliphatic heterocycles. The number of carbonyl (C=O) groups is 1. The lowest BCUT2D eigenvalue weighted by atomic mass is 10.3. The third kappa shape index (κ3) is 3.49. The number of nitrogens with one attached hydrogen (secondary N) is 1. The van der Waals surface area contributed by atoms with Gasteiger partial charge in [0.05, 0.1) is 18.8 Å². The van der Waals surface area contributed by atoms with E-state index in [0.29, 0.717) is 11.5 Å². The van der Waals surface area contributed by atoms with Crippen LogP contribution in [0, 0.1) is 0 Å². The van der Waals surface area contributed by atoms with Gasteiger partial charge in [-0.25, -0.2) is 14.8 Å². The topological polar surface area (TPSA) is 90.1 Å². The minimum absolute atomic E-state index is 0.0435. The summed E-state index contributed by atoms with van der Waals surface area (Å²) in [6.07, 6.45) is 2.84. The van der Waals surface area contributed by atoms with Gasteiger partial charge in [-0.05, 0) is 25.5 Å². The highest BCUT2D eigenvalue weighted by Crippen LogP contribution is 2.26. The lowest BCUT2D eigenvalue weighted by molar-refractivity contribution is 0.0594. The average molecular weight is 306 g/mol. The van der Waals surface area contributed by atoms with Crippen molar-refractivity contribution in [3.05, 3.63) is 33.9 Å². The molecule has 2 aromatic rings. The number of aromatic nitrogens is 2. The molecule has 1 atom stereocenters. The van der Waals surface area contributed by atoms with Gasteiger partial charge in [0.25, 0.3) is 0 Å². The number of nitrogens with zero attached hydrogens (tertiary/aromatic N) is 2. The highest BCUT2D eigenvalue weighted by Gasteiger charge is 2.15. The summed E-state index contributed by atoms with van der Waals surface area (Å²) in [6, 6.07) is 3.13. The van der Waals surface area contributed by atoms with E-state index in [1.807, 2.05) is 13.1 Å². The van der Waals surface area contributed by atoms with Crippen molar-refractivity contribution in [2.45, 2.75) is 26.3 Å². The Kier molecular flexibility index (Phi) is 4.74. The van der Waals surface area contributed by atoms with Crippen LogP contribution in [0.1, 0.15) is 40.3 Å². The Morgan fingerprint density at radius 2 is 2.29 bits per heavy atom. The van der Waals surface area contributed by atoms with Crippen LogP contribution in [0.5, 0.6) is 0 Å². The number of nitrogens with two attached hydrogens (primary N) is 1. The molecule has 0 bridgehead atoms. The molecule has 0 radical (unpaired) electrons. The molecular weight excluding hydrogens is 288 g/mol. The van der Waals surface area contributed by atoms with Crippen LogP contribution in [0.2, 0.25) is 0 Å². The van der Waals surface area contributed by atoms with Crippen molar-refractivity contribution < 1.29 is 9.53 Å². The molecule has 0 aliphatic rings. The van der Waals surface area contributed by atoms with E-state index >= 15 is 0 Å². The molecule has 112 valence electrons. The van der Waals surface area contributed by atoms with Crippen LogP contribution in [0.15, 0.2) is 18.3 Å². The highest BCUT2D eigenvalue weighted by molar-refractivity contribution is 7.11. The normalized spacial score (nSPS) is 12.0. The van der Waals surface area contributed by atoms with Gasteiger partial charge in [0.2, 0.25) is 0 Å². The van der Waals surface area contributed by atoms with Crippen molar-refractivity contribution in [1.82, 2.24) is 9.97 Å². The maximum atomic E-state index is 11.5. The Labute approximate surface area is 127 Å². The van der Waals surface area contributed by atoms with E-state index in [1.54, 1.807) is 17.4 Å². The van der Waals surface area contributed by atoms with E-state index in [-0.39, 0.29) is 11.7 Å². The predicted molar refractivity (Wildman–Crippen MR) is 83.5 cm³/mol. The first-order valence-electron chi connectivity index (χ1n) is 6.61. The number of methoxy groups -OCH3 is 1. The third-order valence-electron chi connectivity index (χ3n) is 2.96. The molecule has 2 heterocycles. The second-order valence-corrected chi connectivity index (χ2v) is 5.66. The fourth-order valence-corrected chi connectivity index (χ4v) is 2.62. The largest absolute Gasteiger partial charge is 0.464 e.